The van der Waals surface area contributed by atoms with Crippen LogP contribution in [-0.2, 0) is 149 Å². The van der Waals surface area contributed by atoms with Gasteiger partial charge in [-0.15, -0.1) is 15.3 Å². The lowest BCUT2D eigenvalue weighted by molar-refractivity contribution is -0.297. The van der Waals surface area contributed by atoms with Crippen molar-refractivity contribution < 1.29 is 145 Å². The smallest absolute Gasteiger partial charge is 0.220 e. The predicted molar refractivity (Wildman–Crippen MR) is 381 cm³/mol. The minimum Gasteiger partial charge on any atom is -0.390 e. The van der Waals surface area contributed by atoms with Crippen LogP contribution in [0.15, 0.2) is 23.7 Å². The van der Waals surface area contributed by atoms with Crippen molar-refractivity contribution >= 4 is 17.7 Å². The van der Waals surface area contributed by atoms with Crippen LogP contribution in [0.2, 0.25) is 0 Å². The molecule has 3 amide bonds. The maximum absolute atomic E-state index is 13.9. The van der Waals surface area contributed by atoms with Crippen molar-refractivity contribution in [3.63, 3.8) is 0 Å². The zero-order valence-corrected chi connectivity index (χ0v) is 64.5. The number of amides is 3. The Hall–Kier alpha value is -5.94. The summed E-state index contributed by atoms with van der Waals surface area (Å²) < 4.78 is 120. The van der Waals surface area contributed by atoms with E-state index in [0.717, 1.165) is 0 Å². The number of hydrogen-bond donors (Lipinski definition) is 10. The third-order valence-corrected chi connectivity index (χ3v) is 18.4. The van der Waals surface area contributed by atoms with Gasteiger partial charge in [0.1, 0.15) is 82.0 Å². The van der Waals surface area contributed by atoms with E-state index in [4.69, 9.17) is 100 Å². The molecule has 45 nitrogen and oxygen atoms in total. The van der Waals surface area contributed by atoms with E-state index in [1.54, 1.807) is 32.6 Å². The predicted octanol–water partition coefficient (Wildman–Crippen LogP) is -4.74. The maximum Gasteiger partial charge on any atom is 0.220 e. The molecule has 5 aliphatic heterocycles. The number of nitrogens with zero attached hydrogens (tertiary/aromatic N) is 12. The van der Waals surface area contributed by atoms with E-state index in [9.17, 15) is 50.1 Å². The molecule has 0 aliphatic carbocycles. The molecule has 10 N–H and O–H groups in total. The number of unbranched alkanes of at least 4 members (excludes halogenated alkanes) is 2. The van der Waals surface area contributed by atoms with Crippen LogP contribution in [0.25, 0.3) is 10.4 Å². The van der Waals surface area contributed by atoms with Gasteiger partial charge >= 0.3 is 0 Å². The summed E-state index contributed by atoms with van der Waals surface area (Å²) in [7, 11) is 0. The van der Waals surface area contributed by atoms with Crippen molar-refractivity contribution in [2.45, 2.75) is 182 Å². The number of rotatable bonds is 63. The summed E-state index contributed by atoms with van der Waals surface area (Å²) in [5.41, 5.74) is 5.16. The number of aromatic nitrogens is 9. The fourth-order valence-corrected chi connectivity index (χ4v) is 12.5. The second-order valence-corrected chi connectivity index (χ2v) is 27.8. The van der Waals surface area contributed by atoms with Gasteiger partial charge in [0.25, 0.3) is 0 Å². The molecule has 5 fully saturated rings. The van der Waals surface area contributed by atoms with Crippen molar-refractivity contribution in [1.29, 1.82) is 0 Å². The molecule has 0 spiro atoms. The van der Waals surface area contributed by atoms with Gasteiger partial charge in [-0.1, -0.05) is 27.2 Å². The fraction of sp³-hybridized carbons (Fsp3) is 0.868. The first-order chi connectivity index (χ1) is 54.7. The number of carbonyl (C=O) groups excluding carboxylic acids is 3. The molecule has 4 bridgehead atoms. The summed E-state index contributed by atoms with van der Waals surface area (Å²) in [5, 5.41) is 111. The molecule has 5 saturated heterocycles. The quantitative estimate of drug-likeness (QED) is 0.0110. The first kappa shape index (κ1) is 92.6. The molecule has 0 saturated carbocycles. The number of nitrogens with one attached hydrogen (secondary N) is 3. The van der Waals surface area contributed by atoms with Crippen LogP contribution < -0.4 is 16.0 Å². The SMILES string of the molecule is CC(=O)N[C@@H]1[C@@H](O)[C@@H](O)[C@@](C)(COCCOCCOCCOCCn2cc(COCC(COCc3cn(CCOCCOCCOCCOC[C@@]45CO[C@@H](O4)[C@H](NC(C)=O)[C@@H](O)[C@H]5O)nn3)(COCc3cn(CCOCCOCCOCCOC[C@]45CO[C@H](C[C@@H](O)[C@H]4O)O5)nn3)NC(=O)CCCCCN=[N+]=[N-])nn2)O[C@@H]1O. The lowest BCUT2D eigenvalue weighted by Crippen LogP contribution is -2.68. The maximum atomic E-state index is 13.9. The third-order valence-electron chi connectivity index (χ3n) is 18.4. The average Bonchev–Trinajstić information content (AvgIpc) is 1.66. The number of azide groups is 1. The van der Waals surface area contributed by atoms with E-state index < -0.39 is 102 Å². The summed E-state index contributed by atoms with van der Waals surface area (Å²) >= 11 is 0. The Morgan fingerprint density at radius 2 is 0.920 bits per heavy atom. The topological polar surface area (TPSA) is 554 Å². The van der Waals surface area contributed by atoms with Crippen LogP contribution in [0.3, 0.4) is 0 Å². The molecule has 3 aromatic heterocycles. The van der Waals surface area contributed by atoms with Gasteiger partial charge in [-0.2, -0.15) is 0 Å². The number of hydrogen-bond acceptors (Lipinski definition) is 37. The second-order valence-electron chi connectivity index (χ2n) is 27.8. The van der Waals surface area contributed by atoms with Gasteiger partial charge in [0.05, 0.1) is 256 Å². The highest BCUT2D eigenvalue weighted by Gasteiger charge is 2.60. The fourth-order valence-electron chi connectivity index (χ4n) is 12.5. The van der Waals surface area contributed by atoms with E-state index in [2.05, 4.69) is 56.9 Å². The lowest BCUT2D eigenvalue weighted by atomic mass is 9.87. The molecule has 45 heteroatoms. The van der Waals surface area contributed by atoms with E-state index in [-0.39, 0.29) is 138 Å². The Morgan fingerprint density at radius 1 is 0.513 bits per heavy atom. The number of fused-ring (bicyclic) bond motifs is 4. The van der Waals surface area contributed by atoms with Gasteiger partial charge in [0.15, 0.2) is 18.9 Å². The lowest BCUT2D eigenvalue weighted by Gasteiger charge is -2.46. The molecule has 0 aromatic carbocycles. The van der Waals surface area contributed by atoms with E-state index in [1.807, 2.05) is 0 Å². The summed E-state index contributed by atoms with van der Waals surface area (Å²) in [5.74, 6) is -1.19. The zero-order chi connectivity index (χ0) is 80.6. The molecule has 8 rings (SSSR count). The average molecular weight is 1620 g/mol. The largest absolute Gasteiger partial charge is 0.390 e. The van der Waals surface area contributed by atoms with Crippen LogP contribution >= 0.6 is 0 Å². The molecule has 1 unspecified atom stereocenters. The molecule has 113 heavy (non-hydrogen) atoms. The Labute approximate surface area is 653 Å². The Bertz CT molecular complexity index is 3220. The number of carbonyl (C=O) groups is 3. The van der Waals surface area contributed by atoms with Crippen molar-refractivity contribution in [3.05, 3.63) is 46.1 Å². The molecular formula is C68H115N15O30. The van der Waals surface area contributed by atoms with Gasteiger partial charge in [0, 0.05) is 38.1 Å². The van der Waals surface area contributed by atoms with Crippen molar-refractivity contribution in [2.24, 2.45) is 5.11 Å². The van der Waals surface area contributed by atoms with Crippen LogP contribution in [0.1, 0.15) is 70.0 Å². The normalized spacial score (nSPS) is 26.5. The number of aliphatic hydroxyl groups is 7. The standard InChI is InChI=1S/C68H115N15O30/c1-48(84)71-56-58(88)61(91)65(3,112-63(56)93)40-103-30-27-100-24-21-97-18-15-94-12-9-81-34-50(74-78-81)37-106-41-66(73-54(87)7-5-4-6-8-70-77-69,42-107-38-51-35-82(79-75-51)10-13-95-16-19-98-22-25-101-28-31-104-44-67-46-109-55(111-67)33-53(86)60(67)90)43-108-39-52-36-83(80-76-52)11-14-96-17-20-99-23-26-102-29-32-105-45-68-47-110-64(113-68)57(72-49(2)85)59(89)62(68)92/h34-36,53,55-64,86,88-93H,4-33,37-47H2,1-3H3,(H,71,84)(H,72,85)(H,73,87)/t53-,55+,56-,57-,58-,59-,60-,61-,62-,63+,64+,65-,66?,67+,68+/m1/s1. The molecular weight excluding hydrogens is 1510 g/mol. The van der Waals surface area contributed by atoms with E-state index in [0.29, 0.717) is 155 Å². The molecule has 0 radical (unpaired) electrons. The summed E-state index contributed by atoms with van der Waals surface area (Å²) in [6.07, 6.45) is -3.38. The number of aliphatic hydroxyl groups excluding tert-OH is 7. The van der Waals surface area contributed by atoms with E-state index in [1.165, 1.54) is 20.8 Å². The Kier molecular flexibility index (Phi) is 40.9. The van der Waals surface area contributed by atoms with Crippen molar-refractivity contribution in [1.82, 2.24) is 60.9 Å². The zero-order valence-electron chi connectivity index (χ0n) is 64.5. The highest BCUT2D eigenvalue weighted by atomic mass is 16.8. The van der Waals surface area contributed by atoms with Gasteiger partial charge in [-0.3, -0.25) is 14.4 Å². The monoisotopic (exact) mass is 1620 g/mol. The van der Waals surface area contributed by atoms with Gasteiger partial charge in [0.2, 0.25) is 17.7 Å². The molecule has 642 valence electrons. The third kappa shape index (κ3) is 31.5. The summed E-state index contributed by atoms with van der Waals surface area (Å²) in [6.45, 7) is 10.9. The van der Waals surface area contributed by atoms with Gasteiger partial charge in [-0.05, 0) is 25.3 Å². The first-order valence-electron chi connectivity index (χ1n) is 38.0. The number of ether oxygens (including phenoxy) is 20. The highest BCUT2D eigenvalue weighted by molar-refractivity contribution is 5.77. The van der Waals surface area contributed by atoms with Gasteiger partial charge in [-0.25, -0.2) is 14.0 Å². The highest BCUT2D eigenvalue weighted by Crippen LogP contribution is 2.39. The van der Waals surface area contributed by atoms with E-state index >= 15 is 0 Å². The molecule has 3 aromatic rings. The summed E-state index contributed by atoms with van der Waals surface area (Å²) in [4.78, 5) is 39.7. The van der Waals surface area contributed by atoms with Crippen LogP contribution in [0, 0.1) is 0 Å². The first-order valence-corrected chi connectivity index (χ1v) is 38.0. The second kappa shape index (κ2) is 50.0. The van der Waals surface area contributed by atoms with Crippen LogP contribution in [0.5, 0.6) is 0 Å². The Balaban J connectivity index is 0.737. The van der Waals surface area contributed by atoms with Gasteiger partial charge < -0.3 is 146 Å². The van der Waals surface area contributed by atoms with Crippen molar-refractivity contribution in [2.75, 3.05) is 198 Å². The van der Waals surface area contributed by atoms with Crippen LogP contribution in [-0.4, -0.2) is 387 Å². The molecule has 5 aliphatic rings. The Morgan fingerprint density at radius 3 is 1.37 bits per heavy atom. The molecule has 8 heterocycles. The minimum atomic E-state index is -1.56. The summed E-state index contributed by atoms with van der Waals surface area (Å²) in [6, 6.07) is -2.11. The van der Waals surface area contributed by atoms with Crippen molar-refractivity contribution in [3.8, 4) is 0 Å². The minimum absolute atomic E-state index is 0.00255. The molecule has 15 atom stereocenters. The van der Waals surface area contributed by atoms with Crippen LogP contribution in [0.4, 0.5) is 0 Å².